The summed E-state index contributed by atoms with van der Waals surface area (Å²) in [4.78, 5) is 0. The molecule has 0 amide bonds. The molecule has 84 valence electrons. The van der Waals surface area contributed by atoms with Gasteiger partial charge in [0.05, 0.1) is 6.61 Å². The van der Waals surface area contributed by atoms with Crippen molar-refractivity contribution in [2.45, 2.75) is 32.6 Å². The van der Waals surface area contributed by atoms with Crippen LogP contribution in [0.4, 0.5) is 5.82 Å². The molecule has 4 nitrogen and oxygen atoms in total. The zero-order chi connectivity index (χ0) is 10.5. The highest BCUT2D eigenvalue weighted by Gasteiger charge is 2.14. The van der Waals surface area contributed by atoms with Gasteiger partial charge in [-0.2, -0.15) is 5.10 Å². The molecule has 0 saturated carbocycles. The van der Waals surface area contributed by atoms with E-state index in [1.807, 2.05) is 6.92 Å². The second-order valence-corrected chi connectivity index (χ2v) is 3.86. The van der Waals surface area contributed by atoms with Crippen molar-refractivity contribution in [1.29, 1.82) is 0 Å². The van der Waals surface area contributed by atoms with E-state index in [1.165, 1.54) is 24.1 Å². The fourth-order valence-electron chi connectivity index (χ4n) is 1.98. The third-order valence-corrected chi connectivity index (χ3v) is 2.80. The zero-order valence-corrected chi connectivity index (χ0v) is 9.31. The van der Waals surface area contributed by atoms with Crippen LogP contribution in [0.3, 0.4) is 0 Å². The van der Waals surface area contributed by atoms with E-state index in [-0.39, 0.29) is 0 Å². The number of rotatable bonds is 4. The standard InChI is InChI=1S/C11H19N3O/c1-2-15-8-6-10-9-5-3-4-7-12-11(9)14-13-10/h2-8H2,1H3,(H2,12,13,14). The average Bonchev–Trinajstić information content (AvgIpc) is 2.50. The van der Waals surface area contributed by atoms with Crippen molar-refractivity contribution in [3.8, 4) is 0 Å². The first-order valence-electron chi connectivity index (χ1n) is 5.79. The lowest BCUT2D eigenvalue weighted by atomic mass is 10.1. The maximum atomic E-state index is 5.36. The van der Waals surface area contributed by atoms with Crippen molar-refractivity contribution < 1.29 is 4.74 Å². The highest BCUT2D eigenvalue weighted by Crippen LogP contribution is 2.22. The maximum absolute atomic E-state index is 5.36. The van der Waals surface area contributed by atoms with E-state index in [9.17, 15) is 0 Å². The molecule has 0 atom stereocenters. The highest BCUT2D eigenvalue weighted by molar-refractivity contribution is 5.47. The van der Waals surface area contributed by atoms with Crippen LogP contribution < -0.4 is 5.32 Å². The van der Waals surface area contributed by atoms with E-state index in [0.717, 1.165) is 38.4 Å². The third-order valence-electron chi connectivity index (χ3n) is 2.80. The molecule has 0 aromatic carbocycles. The largest absolute Gasteiger partial charge is 0.381 e. The summed E-state index contributed by atoms with van der Waals surface area (Å²) in [5.41, 5.74) is 2.61. The lowest BCUT2D eigenvalue weighted by Crippen LogP contribution is -2.01. The molecule has 1 aliphatic heterocycles. The summed E-state index contributed by atoms with van der Waals surface area (Å²) < 4.78 is 5.36. The van der Waals surface area contributed by atoms with E-state index in [0.29, 0.717) is 0 Å². The molecule has 2 heterocycles. The number of aromatic nitrogens is 2. The van der Waals surface area contributed by atoms with Gasteiger partial charge >= 0.3 is 0 Å². The molecule has 0 saturated heterocycles. The van der Waals surface area contributed by atoms with Crippen molar-refractivity contribution in [1.82, 2.24) is 10.2 Å². The Hall–Kier alpha value is -1.03. The fraction of sp³-hybridized carbons (Fsp3) is 0.727. The van der Waals surface area contributed by atoms with Crippen LogP contribution in [0.1, 0.15) is 31.0 Å². The van der Waals surface area contributed by atoms with Gasteiger partial charge in [-0.1, -0.05) is 0 Å². The number of hydrogen-bond acceptors (Lipinski definition) is 3. The van der Waals surface area contributed by atoms with Gasteiger partial charge in [0.25, 0.3) is 0 Å². The minimum atomic E-state index is 0.783. The van der Waals surface area contributed by atoms with Gasteiger partial charge in [-0.05, 0) is 26.2 Å². The fourth-order valence-corrected chi connectivity index (χ4v) is 1.98. The van der Waals surface area contributed by atoms with Crippen LogP contribution in [-0.2, 0) is 17.6 Å². The van der Waals surface area contributed by atoms with Gasteiger partial charge in [0.1, 0.15) is 0 Å². The molecule has 2 N–H and O–H groups in total. The normalized spacial score (nSPS) is 15.5. The van der Waals surface area contributed by atoms with Crippen LogP contribution in [0.2, 0.25) is 0 Å². The third kappa shape index (κ3) is 2.50. The Kier molecular flexibility index (Phi) is 3.61. The van der Waals surface area contributed by atoms with Gasteiger partial charge in [0.2, 0.25) is 0 Å². The number of aromatic amines is 1. The molecule has 0 spiro atoms. The monoisotopic (exact) mass is 209 g/mol. The Morgan fingerprint density at radius 3 is 3.20 bits per heavy atom. The molecular formula is C11H19N3O. The summed E-state index contributed by atoms with van der Waals surface area (Å²) in [6.07, 6.45) is 4.57. The van der Waals surface area contributed by atoms with Gasteiger partial charge in [-0.15, -0.1) is 0 Å². The molecule has 0 radical (unpaired) electrons. The van der Waals surface area contributed by atoms with Crippen molar-refractivity contribution >= 4 is 5.82 Å². The second kappa shape index (κ2) is 5.16. The number of hydrogen-bond donors (Lipinski definition) is 2. The van der Waals surface area contributed by atoms with Crippen LogP contribution in [0, 0.1) is 0 Å². The summed E-state index contributed by atoms with van der Waals surface area (Å²) >= 11 is 0. The van der Waals surface area contributed by atoms with E-state index in [2.05, 4.69) is 15.5 Å². The maximum Gasteiger partial charge on any atom is 0.151 e. The Labute approximate surface area is 90.4 Å². The van der Waals surface area contributed by atoms with E-state index >= 15 is 0 Å². The first kappa shape index (κ1) is 10.5. The Morgan fingerprint density at radius 2 is 2.33 bits per heavy atom. The van der Waals surface area contributed by atoms with Crippen LogP contribution in [-0.4, -0.2) is 30.0 Å². The SMILES string of the molecule is CCOCCc1[nH]nc2c1CCCCN2. The Bertz CT molecular complexity index is 309. The molecule has 1 aromatic rings. The molecule has 2 rings (SSSR count). The zero-order valence-electron chi connectivity index (χ0n) is 9.31. The molecular weight excluding hydrogens is 190 g/mol. The predicted molar refractivity (Wildman–Crippen MR) is 60.2 cm³/mol. The number of anilines is 1. The van der Waals surface area contributed by atoms with Gasteiger partial charge < -0.3 is 10.1 Å². The summed E-state index contributed by atoms with van der Waals surface area (Å²) in [6.45, 7) is 4.64. The Balaban J connectivity index is 2.01. The van der Waals surface area contributed by atoms with Gasteiger partial charge in [-0.3, -0.25) is 5.10 Å². The lowest BCUT2D eigenvalue weighted by molar-refractivity contribution is 0.150. The topological polar surface area (TPSA) is 49.9 Å². The van der Waals surface area contributed by atoms with Crippen molar-refractivity contribution in [2.75, 3.05) is 25.1 Å². The van der Waals surface area contributed by atoms with Crippen molar-refractivity contribution in [3.63, 3.8) is 0 Å². The average molecular weight is 209 g/mol. The molecule has 4 heteroatoms. The smallest absolute Gasteiger partial charge is 0.151 e. The van der Waals surface area contributed by atoms with Crippen molar-refractivity contribution in [2.24, 2.45) is 0 Å². The van der Waals surface area contributed by atoms with Crippen molar-refractivity contribution in [3.05, 3.63) is 11.3 Å². The molecule has 0 bridgehead atoms. The number of nitrogens with zero attached hydrogens (tertiary/aromatic N) is 1. The molecule has 1 aromatic heterocycles. The second-order valence-electron chi connectivity index (χ2n) is 3.86. The number of fused-ring (bicyclic) bond motifs is 1. The summed E-state index contributed by atoms with van der Waals surface area (Å²) in [6, 6.07) is 0. The Morgan fingerprint density at radius 1 is 1.40 bits per heavy atom. The van der Waals surface area contributed by atoms with Crippen LogP contribution >= 0.6 is 0 Å². The quantitative estimate of drug-likeness (QED) is 0.743. The molecule has 0 aliphatic carbocycles. The minimum absolute atomic E-state index is 0.783. The van der Waals surface area contributed by atoms with E-state index < -0.39 is 0 Å². The molecule has 0 fully saturated rings. The first-order valence-corrected chi connectivity index (χ1v) is 5.79. The van der Waals surface area contributed by atoms with E-state index in [1.54, 1.807) is 0 Å². The lowest BCUT2D eigenvalue weighted by Gasteiger charge is -2.02. The number of H-pyrrole nitrogens is 1. The van der Waals surface area contributed by atoms with Crippen LogP contribution in [0.25, 0.3) is 0 Å². The van der Waals surface area contributed by atoms with Gasteiger partial charge in [0.15, 0.2) is 5.82 Å². The predicted octanol–water partition coefficient (Wildman–Crippen LogP) is 1.74. The summed E-state index contributed by atoms with van der Waals surface area (Å²) in [7, 11) is 0. The molecule has 1 aliphatic rings. The number of ether oxygens (including phenoxy) is 1. The van der Waals surface area contributed by atoms with Gasteiger partial charge in [-0.25, -0.2) is 0 Å². The highest BCUT2D eigenvalue weighted by atomic mass is 16.5. The summed E-state index contributed by atoms with van der Waals surface area (Å²) in [5.74, 6) is 1.05. The molecule has 15 heavy (non-hydrogen) atoms. The van der Waals surface area contributed by atoms with Crippen LogP contribution in [0.15, 0.2) is 0 Å². The molecule has 0 unspecified atom stereocenters. The summed E-state index contributed by atoms with van der Waals surface area (Å²) in [5, 5.41) is 10.8. The number of nitrogens with one attached hydrogen (secondary N) is 2. The van der Waals surface area contributed by atoms with Crippen LogP contribution in [0.5, 0.6) is 0 Å². The minimum Gasteiger partial charge on any atom is -0.381 e. The van der Waals surface area contributed by atoms with E-state index in [4.69, 9.17) is 4.74 Å². The first-order chi connectivity index (χ1) is 7.42. The van der Waals surface area contributed by atoms with Gasteiger partial charge in [0, 0.05) is 30.8 Å².